The zero-order valence-electron chi connectivity index (χ0n) is 17.1. The maximum atomic E-state index is 13.0. The summed E-state index contributed by atoms with van der Waals surface area (Å²) in [6.45, 7) is 3.34. The Labute approximate surface area is 175 Å². The molecule has 2 aromatic rings. The van der Waals surface area contributed by atoms with Crippen molar-refractivity contribution in [1.29, 1.82) is 0 Å². The molecule has 2 atom stereocenters. The van der Waals surface area contributed by atoms with Gasteiger partial charge in [-0.25, -0.2) is 4.99 Å². The predicted octanol–water partition coefficient (Wildman–Crippen LogP) is 2.46. The van der Waals surface area contributed by atoms with Gasteiger partial charge in [-0.15, -0.1) is 0 Å². The van der Waals surface area contributed by atoms with Crippen LogP contribution in [0.2, 0.25) is 0 Å². The van der Waals surface area contributed by atoms with Crippen molar-refractivity contribution >= 4 is 17.8 Å². The predicted molar refractivity (Wildman–Crippen MR) is 112 cm³/mol. The molecule has 156 valence electrons. The molecule has 0 saturated heterocycles. The third kappa shape index (κ3) is 3.87. The first kappa shape index (κ1) is 19.9. The standard InChI is InChI=1S/C23H25N3O4/c1-3-30-22(28)19-20(16-8-10-18(29-2)11-9-16)24-23(25-21(19)27)26-13-12-15-6-4-5-7-17(15)14-26/h4-11,19-20H,3,12-14H2,1-2H3,(H,24,25,27)/t19-,20+/m0/s1. The number of benzene rings is 2. The van der Waals surface area contributed by atoms with Gasteiger partial charge in [0, 0.05) is 13.1 Å². The van der Waals surface area contributed by atoms with Crippen LogP contribution in [0.4, 0.5) is 0 Å². The van der Waals surface area contributed by atoms with Gasteiger partial charge in [0.2, 0.25) is 11.9 Å². The fourth-order valence-corrected chi connectivity index (χ4v) is 3.94. The summed E-state index contributed by atoms with van der Waals surface area (Å²) in [5, 5.41) is 2.84. The molecule has 0 saturated carbocycles. The molecule has 4 rings (SSSR count). The van der Waals surface area contributed by atoms with Gasteiger partial charge >= 0.3 is 5.97 Å². The van der Waals surface area contributed by atoms with Gasteiger partial charge in [-0.1, -0.05) is 36.4 Å². The number of nitrogens with zero attached hydrogens (tertiary/aromatic N) is 2. The zero-order valence-corrected chi connectivity index (χ0v) is 17.1. The Balaban J connectivity index is 1.68. The summed E-state index contributed by atoms with van der Waals surface area (Å²) in [6.07, 6.45) is 0.875. The zero-order chi connectivity index (χ0) is 21.1. The highest BCUT2D eigenvalue weighted by atomic mass is 16.5. The fraction of sp³-hybridized carbons (Fsp3) is 0.348. The minimum absolute atomic E-state index is 0.206. The SMILES string of the molecule is CCOC(=O)[C@@H]1C(=O)NC(N2CCc3ccccc3C2)=N[C@@H]1c1ccc(OC)cc1. The Morgan fingerprint density at radius 3 is 2.60 bits per heavy atom. The number of esters is 1. The Morgan fingerprint density at radius 1 is 1.17 bits per heavy atom. The Hall–Kier alpha value is -3.35. The molecule has 0 aromatic heterocycles. The smallest absolute Gasteiger partial charge is 0.321 e. The summed E-state index contributed by atoms with van der Waals surface area (Å²) in [4.78, 5) is 32.4. The van der Waals surface area contributed by atoms with Crippen LogP contribution in [0.3, 0.4) is 0 Å². The molecular formula is C23H25N3O4. The molecular weight excluding hydrogens is 382 g/mol. The normalized spacial score (nSPS) is 20.7. The summed E-state index contributed by atoms with van der Waals surface area (Å²) in [7, 11) is 1.59. The highest BCUT2D eigenvalue weighted by molar-refractivity contribution is 6.08. The molecule has 0 aliphatic carbocycles. The van der Waals surface area contributed by atoms with E-state index in [4.69, 9.17) is 14.5 Å². The summed E-state index contributed by atoms with van der Waals surface area (Å²) in [6, 6.07) is 14.9. The van der Waals surface area contributed by atoms with Crippen molar-refractivity contribution in [2.75, 3.05) is 20.3 Å². The summed E-state index contributed by atoms with van der Waals surface area (Å²) < 4.78 is 10.4. The molecule has 0 spiro atoms. The number of hydrogen-bond acceptors (Lipinski definition) is 6. The van der Waals surface area contributed by atoms with Gasteiger partial charge in [-0.05, 0) is 42.2 Å². The van der Waals surface area contributed by atoms with E-state index in [1.165, 1.54) is 11.1 Å². The van der Waals surface area contributed by atoms with Gasteiger partial charge in [-0.3, -0.25) is 14.9 Å². The highest BCUT2D eigenvalue weighted by Crippen LogP contribution is 2.32. The molecule has 1 amide bonds. The lowest BCUT2D eigenvalue weighted by molar-refractivity contribution is -0.153. The lowest BCUT2D eigenvalue weighted by Crippen LogP contribution is -2.53. The minimum atomic E-state index is -1.03. The van der Waals surface area contributed by atoms with Crippen LogP contribution >= 0.6 is 0 Å². The van der Waals surface area contributed by atoms with Crippen LogP contribution in [0.1, 0.15) is 29.7 Å². The molecule has 2 aliphatic rings. The first-order valence-electron chi connectivity index (χ1n) is 10.1. The van der Waals surface area contributed by atoms with E-state index in [1.807, 2.05) is 24.3 Å². The molecule has 7 heteroatoms. The number of fused-ring (bicyclic) bond motifs is 1. The minimum Gasteiger partial charge on any atom is -0.497 e. The van der Waals surface area contributed by atoms with Crippen molar-refractivity contribution in [1.82, 2.24) is 10.2 Å². The van der Waals surface area contributed by atoms with Crippen molar-refractivity contribution in [3.8, 4) is 5.75 Å². The van der Waals surface area contributed by atoms with Crippen molar-refractivity contribution in [3.63, 3.8) is 0 Å². The number of aliphatic imine (C=N–C) groups is 1. The highest BCUT2D eigenvalue weighted by Gasteiger charge is 2.42. The van der Waals surface area contributed by atoms with Gasteiger partial charge in [0.1, 0.15) is 11.8 Å². The fourth-order valence-electron chi connectivity index (χ4n) is 3.94. The van der Waals surface area contributed by atoms with Crippen LogP contribution in [0.5, 0.6) is 5.75 Å². The van der Waals surface area contributed by atoms with E-state index in [0.29, 0.717) is 18.3 Å². The number of guanidine groups is 1. The molecule has 2 aliphatic heterocycles. The molecule has 1 N–H and O–H groups in total. The second-order valence-electron chi connectivity index (χ2n) is 7.33. The molecule has 0 bridgehead atoms. The van der Waals surface area contributed by atoms with Gasteiger partial charge in [0.05, 0.1) is 13.7 Å². The lowest BCUT2D eigenvalue weighted by atomic mass is 9.91. The average molecular weight is 407 g/mol. The van der Waals surface area contributed by atoms with Gasteiger partial charge in [0.15, 0.2) is 5.92 Å². The second-order valence-corrected chi connectivity index (χ2v) is 7.33. The number of carbonyl (C=O) groups excluding carboxylic acids is 2. The van der Waals surface area contributed by atoms with Gasteiger partial charge in [-0.2, -0.15) is 0 Å². The number of ether oxygens (including phenoxy) is 2. The molecule has 0 fully saturated rings. The lowest BCUT2D eigenvalue weighted by Gasteiger charge is -2.36. The third-order valence-corrected chi connectivity index (χ3v) is 5.52. The average Bonchev–Trinajstić information content (AvgIpc) is 2.78. The number of rotatable bonds is 4. The van der Waals surface area contributed by atoms with E-state index < -0.39 is 23.8 Å². The maximum Gasteiger partial charge on any atom is 0.321 e. The summed E-state index contributed by atoms with van der Waals surface area (Å²) >= 11 is 0. The Morgan fingerprint density at radius 2 is 1.90 bits per heavy atom. The number of methoxy groups -OCH3 is 1. The van der Waals surface area contributed by atoms with E-state index in [9.17, 15) is 9.59 Å². The maximum absolute atomic E-state index is 13.0. The Kier molecular flexibility index (Phi) is 5.70. The van der Waals surface area contributed by atoms with Crippen LogP contribution < -0.4 is 10.1 Å². The third-order valence-electron chi connectivity index (χ3n) is 5.52. The number of carbonyl (C=O) groups is 2. The van der Waals surface area contributed by atoms with E-state index in [1.54, 1.807) is 26.2 Å². The molecule has 30 heavy (non-hydrogen) atoms. The van der Waals surface area contributed by atoms with E-state index in [-0.39, 0.29) is 6.61 Å². The van der Waals surface area contributed by atoms with Crippen LogP contribution in [0.15, 0.2) is 53.5 Å². The summed E-state index contributed by atoms with van der Waals surface area (Å²) in [5.74, 6) is -0.792. The van der Waals surface area contributed by atoms with Crippen LogP contribution in [0.25, 0.3) is 0 Å². The molecule has 2 aromatic carbocycles. The van der Waals surface area contributed by atoms with Crippen molar-refractivity contribution in [3.05, 3.63) is 65.2 Å². The van der Waals surface area contributed by atoms with Crippen LogP contribution in [-0.4, -0.2) is 43.0 Å². The van der Waals surface area contributed by atoms with E-state index >= 15 is 0 Å². The van der Waals surface area contributed by atoms with Crippen molar-refractivity contribution < 1.29 is 19.1 Å². The molecule has 7 nitrogen and oxygen atoms in total. The van der Waals surface area contributed by atoms with Crippen LogP contribution in [0, 0.1) is 5.92 Å². The van der Waals surface area contributed by atoms with Gasteiger partial charge in [0.25, 0.3) is 0 Å². The molecule has 0 radical (unpaired) electrons. The largest absolute Gasteiger partial charge is 0.497 e. The topological polar surface area (TPSA) is 80.2 Å². The molecule has 0 unspecified atom stereocenters. The first-order chi connectivity index (χ1) is 14.6. The van der Waals surface area contributed by atoms with Crippen molar-refractivity contribution in [2.24, 2.45) is 10.9 Å². The first-order valence-corrected chi connectivity index (χ1v) is 10.1. The van der Waals surface area contributed by atoms with Crippen LogP contribution in [-0.2, 0) is 27.3 Å². The summed E-state index contributed by atoms with van der Waals surface area (Å²) in [5.41, 5.74) is 3.29. The van der Waals surface area contributed by atoms with Crippen molar-refractivity contribution in [2.45, 2.75) is 25.9 Å². The second kappa shape index (κ2) is 8.57. The Bertz CT molecular complexity index is 971. The quantitative estimate of drug-likeness (QED) is 0.622. The number of nitrogens with one attached hydrogen (secondary N) is 1. The van der Waals surface area contributed by atoms with Gasteiger partial charge < -0.3 is 14.4 Å². The number of amides is 1. The van der Waals surface area contributed by atoms with E-state index in [2.05, 4.69) is 22.3 Å². The number of hydrogen-bond donors (Lipinski definition) is 1. The van der Waals surface area contributed by atoms with E-state index in [0.717, 1.165) is 18.5 Å². The monoisotopic (exact) mass is 407 g/mol. The molecule has 2 heterocycles.